The zero-order chi connectivity index (χ0) is 13.1. The Hall–Kier alpha value is -0.410. The number of halogens is 2. The largest absolute Gasteiger partial charge is 0.497 e. The molecule has 1 aromatic carbocycles. The summed E-state index contributed by atoms with van der Waals surface area (Å²) in [5.74, 6) is 0.792. The van der Waals surface area contributed by atoms with Crippen molar-refractivity contribution in [2.75, 3.05) is 7.11 Å². The van der Waals surface area contributed by atoms with Crippen molar-refractivity contribution in [1.29, 1.82) is 0 Å². The molecule has 1 unspecified atom stereocenters. The van der Waals surface area contributed by atoms with Gasteiger partial charge in [0.2, 0.25) is 0 Å². The first-order valence-electron chi connectivity index (χ1n) is 5.25. The van der Waals surface area contributed by atoms with Gasteiger partial charge in [0.05, 0.1) is 12.8 Å². The molecule has 0 saturated heterocycles. The van der Waals surface area contributed by atoms with Crippen LogP contribution in [-0.4, -0.2) is 17.2 Å². The number of rotatable bonds is 3. The lowest BCUT2D eigenvalue weighted by atomic mass is 10.1. The number of nitrogens with zero attached hydrogens (tertiary/aromatic N) is 1. The summed E-state index contributed by atoms with van der Waals surface area (Å²) in [5.41, 5.74) is 1.52. The van der Waals surface area contributed by atoms with Gasteiger partial charge in [-0.1, -0.05) is 6.07 Å². The summed E-state index contributed by atoms with van der Waals surface area (Å²) in [5, 5.41) is 10.4. The van der Waals surface area contributed by atoms with Crippen LogP contribution in [0.2, 0.25) is 0 Å². The molecular weight excluding hydrogens is 456 g/mol. The average Bonchev–Trinajstić information content (AvgIpc) is 2.38. The van der Waals surface area contributed by atoms with E-state index in [-0.39, 0.29) is 0 Å². The monoisotopic (exact) mass is 467 g/mol. The summed E-state index contributed by atoms with van der Waals surface area (Å²) in [6.07, 6.45) is 0.970. The van der Waals surface area contributed by atoms with Gasteiger partial charge in [-0.3, -0.25) is 4.98 Å². The van der Waals surface area contributed by atoms with Crippen LogP contribution in [0.4, 0.5) is 0 Å². The first kappa shape index (κ1) is 14.0. The highest BCUT2D eigenvalue weighted by atomic mass is 127. The van der Waals surface area contributed by atoms with Crippen LogP contribution in [-0.2, 0) is 0 Å². The van der Waals surface area contributed by atoms with E-state index < -0.39 is 6.10 Å². The lowest BCUT2D eigenvalue weighted by molar-refractivity contribution is 0.213. The molecule has 0 fully saturated rings. The Morgan fingerprint density at radius 2 is 1.89 bits per heavy atom. The second kappa shape index (κ2) is 6.16. The van der Waals surface area contributed by atoms with Gasteiger partial charge in [0, 0.05) is 18.9 Å². The van der Waals surface area contributed by atoms with Gasteiger partial charge in [-0.25, -0.2) is 0 Å². The second-order valence-corrected chi connectivity index (χ2v) is 5.99. The molecular formula is C13H11I2NO2. The van der Waals surface area contributed by atoms with E-state index in [0.717, 1.165) is 18.5 Å². The molecule has 1 atom stereocenters. The van der Waals surface area contributed by atoms with Crippen molar-refractivity contribution in [1.82, 2.24) is 4.98 Å². The Labute approximate surface area is 133 Å². The second-order valence-electron chi connectivity index (χ2n) is 3.66. The minimum Gasteiger partial charge on any atom is -0.497 e. The molecule has 0 aliphatic rings. The van der Waals surface area contributed by atoms with Crippen LogP contribution in [0.1, 0.15) is 17.4 Å². The highest BCUT2D eigenvalue weighted by Gasteiger charge is 2.18. The molecule has 2 rings (SSSR count). The van der Waals surface area contributed by atoms with Crippen molar-refractivity contribution >= 4 is 45.2 Å². The van der Waals surface area contributed by atoms with Gasteiger partial charge in [0.1, 0.15) is 11.9 Å². The predicted molar refractivity (Wildman–Crippen MR) is 86.7 cm³/mol. The van der Waals surface area contributed by atoms with E-state index in [9.17, 15) is 5.11 Å². The lowest BCUT2D eigenvalue weighted by Gasteiger charge is -2.15. The van der Waals surface area contributed by atoms with Gasteiger partial charge in [0.15, 0.2) is 0 Å². The summed E-state index contributed by atoms with van der Waals surface area (Å²) < 4.78 is 7.14. The maximum Gasteiger partial charge on any atom is 0.123 e. The fraction of sp³-hybridized carbons (Fsp3) is 0.154. The molecule has 94 valence electrons. The number of aromatic nitrogens is 1. The Kier molecular flexibility index (Phi) is 4.79. The zero-order valence-electron chi connectivity index (χ0n) is 9.60. The number of ether oxygens (including phenoxy) is 1. The Balaban J connectivity index is 2.45. The van der Waals surface area contributed by atoms with E-state index >= 15 is 0 Å². The van der Waals surface area contributed by atoms with E-state index in [1.165, 1.54) is 0 Å². The van der Waals surface area contributed by atoms with Crippen LogP contribution in [0, 0.1) is 7.14 Å². The fourth-order valence-corrected chi connectivity index (χ4v) is 3.93. The number of hydrogen-bond acceptors (Lipinski definition) is 3. The normalized spacial score (nSPS) is 12.2. The van der Waals surface area contributed by atoms with Gasteiger partial charge >= 0.3 is 0 Å². The van der Waals surface area contributed by atoms with E-state index in [0.29, 0.717) is 5.69 Å². The van der Waals surface area contributed by atoms with Crippen molar-refractivity contribution in [2.45, 2.75) is 6.10 Å². The summed E-state index contributed by atoms with van der Waals surface area (Å²) >= 11 is 4.41. The number of pyridine rings is 1. The maximum absolute atomic E-state index is 10.4. The van der Waals surface area contributed by atoms with Crippen molar-refractivity contribution in [3.8, 4) is 5.75 Å². The van der Waals surface area contributed by atoms with E-state index in [2.05, 4.69) is 50.2 Å². The smallest absolute Gasteiger partial charge is 0.123 e. The van der Waals surface area contributed by atoms with Gasteiger partial charge < -0.3 is 9.84 Å². The summed E-state index contributed by atoms with van der Waals surface area (Å²) in [6, 6.07) is 9.34. The summed E-state index contributed by atoms with van der Waals surface area (Å²) in [4.78, 5) is 4.19. The van der Waals surface area contributed by atoms with Crippen molar-refractivity contribution in [3.05, 3.63) is 54.9 Å². The molecule has 3 nitrogen and oxygen atoms in total. The number of methoxy groups -OCH3 is 1. The Morgan fingerprint density at radius 1 is 1.22 bits per heavy atom. The van der Waals surface area contributed by atoms with Crippen LogP contribution < -0.4 is 4.74 Å². The molecule has 0 amide bonds. The van der Waals surface area contributed by atoms with Gasteiger partial charge in [-0.2, -0.15) is 0 Å². The van der Waals surface area contributed by atoms with Crippen LogP contribution in [0.25, 0.3) is 0 Å². The Bertz CT molecular complexity index is 523. The number of aliphatic hydroxyl groups excluding tert-OH is 1. The molecule has 2 aromatic rings. The van der Waals surface area contributed by atoms with E-state index in [1.54, 1.807) is 13.3 Å². The zero-order valence-corrected chi connectivity index (χ0v) is 13.9. The number of hydrogen-bond donors (Lipinski definition) is 1. The summed E-state index contributed by atoms with van der Waals surface area (Å²) in [7, 11) is 1.64. The third-order valence-corrected chi connectivity index (χ3v) is 4.31. The van der Waals surface area contributed by atoms with Crippen molar-refractivity contribution < 1.29 is 9.84 Å². The van der Waals surface area contributed by atoms with Crippen LogP contribution in [0.15, 0.2) is 36.5 Å². The third kappa shape index (κ3) is 2.94. The van der Waals surface area contributed by atoms with E-state index in [4.69, 9.17) is 4.74 Å². The highest BCUT2D eigenvalue weighted by molar-refractivity contribution is 14.1. The van der Waals surface area contributed by atoms with Crippen LogP contribution in [0.5, 0.6) is 5.75 Å². The molecule has 0 aliphatic carbocycles. The maximum atomic E-state index is 10.4. The first-order valence-corrected chi connectivity index (χ1v) is 7.41. The molecule has 0 spiro atoms. The van der Waals surface area contributed by atoms with Gasteiger partial charge in [-0.05, 0) is 69.4 Å². The number of aliphatic hydroxyl groups is 1. The average molecular weight is 467 g/mol. The van der Waals surface area contributed by atoms with Gasteiger partial charge in [0.25, 0.3) is 0 Å². The van der Waals surface area contributed by atoms with Gasteiger partial charge in [-0.15, -0.1) is 0 Å². The van der Waals surface area contributed by atoms with Crippen LogP contribution >= 0.6 is 45.2 Å². The van der Waals surface area contributed by atoms with E-state index in [1.807, 2.05) is 30.3 Å². The molecule has 1 N–H and O–H groups in total. The van der Waals surface area contributed by atoms with Crippen LogP contribution in [0.3, 0.4) is 0 Å². The van der Waals surface area contributed by atoms with Crippen molar-refractivity contribution in [2.24, 2.45) is 0 Å². The highest BCUT2D eigenvalue weighted by Crippen LogP contribution is 2.32. The lowest BCUT2D eigenvalue weighted by Crippen LogP contribution is -2.06. The minimum absolute atomic E-state index is 0.651. The first-order chi connectivity index (χ1) is 8.63. The minimum atomic E-state index is -0.712. The molecule has 5 heteroatoms. The molecule has 1 aromatic heterocycles. The molecule has 0 radical (unpaired) electrons. The Morgan fingerprint density at radius 3 is 2.39 bits per heavy atom. The molecule has 18 heavy (non-hydrogen) atoms. The third-order valence-electron chi connectivity index (χ3n) is 2.53. The molecule has 0 aliphatic heterocycles. The predicted octanol–water partition coefficient (Wildman–Crippen LogP) is 3.38. The molecule has 0 saturated carbocycles. The number of benzene rings is 1. The molecule has 1 heterocycles. The quantitative estimate of drug-likeness (QED) is 0.705. The topological polar surface area (TPSA) is 42.4 Å². The SMILES string of the molecule is COc1cc(I)c(C(O)c2ccccn2)c(I)c1. The summed E-state index contributed by atoms with van der Waals surface area (Å²) in [6.45, 7) is 0. The standard InChI is InChI=1S/C13H11I2NO2/c1-18-8-6-9(14)12(10(15)7-8)13(17)11-4-2-3-5-16-11/h2-7,13,17H,1H3. The fourth-order valence-electron chi connectivity index (χ4n) is 1.63. The molecule has 0 bridgehead atoms. The van der Waals surface area contributed by atoms with Crippen molar-refractivity contribution in [3.63, 3.8) is 0 Å².